The number of halogens is 1. The predicted molar refractivity (Wildman–Crippen MR) is 76.1 cm³/mol. The number of carbonyl (C=O) groups is 1. The van der Waals surface area contributed by atoms with E-state index in [1.54, 1.807) is 6.07 Å². The van der Waals surface area contributed by atoms with Gasteiger partial charge >= 0.3 is 0 Å². The summed E-state index contributed by atoms with van der Waals surface area (Å²) in [6.07, 6.45) is 4.51. The first-order valence-electron chi connectivity index (χ1n) is 6.84. The van der Waals surface area contributed by atoms with Gasteiger partial charge in [0.25, 0.3) is 0 Å². The molecule has 0 aliphatic heterocycles. The molecule has 2 N–H and O–H groups in total. The molecule has 1 aromatic rings. The van der Waals surface area contributed by atoms with Crippen LogP contribution in [0.2, 0.25) is 5.02 Å². The van der Waals surface area contributed by atoms with Gasteiger partial charge in [-0.3, -0.25) is 4.79 Å². The van der Waals surface area contributed by atoms with Gasteiger partial charge in [-0.15, -0.1) is 0 Å². The van der Waals surface area contributed by atoms with Gasteiger partial charge in [-0.25, -0.2) is 0 Å². The van der Waals surface area contributed by atoms with Crippen LogP contribution in [0, 0.1) is 5.92 Å². The molecule has 1 fully saturated rings. The van der Waals surface area contributed by atoms with E-state index in [1.165, 1.54) is 0 Å². The van der Waals surface area contributed by atoms with Gasteiger partial charge in [-0.2, -0.15) is 0 Å². The molecular formula is C15H20ClNO2. The number of aliphatic hydroxyl groups is 1. The Morgan fingerprint density at radius 3 is 2.79 bits per heavy atom. The second kappa shape index (κ2) is 6.92. The summed E-state index contributed by atoms with van der Waals surface area (Å²) in [5.74, 6) is 0.183. The van der Waals surface area contributed by atoms with Crippen LogP contribution in [0.5, 0.6) is 0 Å². The number of benzene rings is 1. The van der Waals surface area contributed by atoms with Gasteiger partial charge in [-0.1, -0.05) is 42.6 Å². The van der Waals surface area contributed by atoms with Crippen molar-refractivity contribution in [1.82, 2.24) is 5.32 Å². The smallest absolute Gasteiger partial charge is 0.224 e. The monoisotopic (exact) mass is 281 g/mol. The van der Waals surface area contributed by atoms with Crippen LogP contribution in [-0.4, -0.2) is 23.7 Å². The fourth-order valence-electron chi connectivity index (χ4n) is 2.69. The molecule has 0 bridgehead atoms. The zero-order valence-corrected chi connectivity index (χ0v) is 11.7. The Labute approximate surface area is 119 Å². The lowest BCUT2D eigenvalue weighted by Crippen LogP contribution is -2.44. The van der Waals surface area contributed by atoms with Crippen LogP contribution in [0.25, 0.3) is 0 Å². The quantitative estimate of drug-likeness (QED) is 0.891. The number of amides is 1. The highest BCUT2D eigenvalue weighted by molar-refractivity contribution is 6.31. The largest absolute Gasteiger partial charge is 0.396 e. The number of aliphatic hydroxyl groups excluding tert-OH is 1. The number of carbonyl (C=O) groups excluding carboxylic acids is 1. The third kappa shape index (κ3) is 3.95. The summed E-state index contributed by atoms with van der Waals surface area (Å²) in [6.45, 7) is 0.150. The number of hydrogen-bond acceptors (Lipinski definition) is 2. The molecule has 0 heterocycles. The lowest BCUT2D eigenvalue weighted by molar-refractivity contribution is -0.121. The number of nitrogens with one attached hydrogen (secondary N) is 1. The third-order valence-corrected chi connectivity index (χ3v) is 4.17. The first-order valence-corrected chi connectivity index (χ1v) is 7.22. The molecule has 3 nitrogen and oxygen atoms in total. The highest BCUT2D eigenvalue weighted by atomic mass is 35.5. The molecule has 2 rings (SSSR count). The Hall–Kier alpha value is -1.06. The van der Waals surface area contributed by atoms with Crippen LogP contribution in [0.4, 0.5) is 0 Å². The minimum absolute atomic E-state index is 0.0153. The molecule has 1 aliphatic carbocycles. The molecule has 1 amide bonds. The molecule has 2 atom stereocenters. The maximum atomic E-state index is 12.0. The van der Waals surface area contributed by atoms with E-state index in [1.807, 2.05) is 18.2 Å². The lowest BCUT2D eigenvalue weighted by atomic mass is 9.85. The highest BCUT2D eigenvalue weighted by Gasteiger charge is 2.25. The fraction of sp³-hybridized carbons (Fsp3) is 0.533. The zero-order valence-electron chi connectivity index (χ0n) is 10.9. The molecule has 0 spiro atoms. The molecule has 0 aromatic heterocycles. The lowest BCUT2D eigenvalue weighted by Gasteiger charge is -2.30. The summed E-state index contributed by atoms with van der Waals surface area (Å²) in [4.78, 5) is 12.0. The van der Waals surface area contributed by atoms with Gasteiger partial charge in [0.1, 0.15) is 0 Å². The second-order valence-corrected chi connectivity index (χ2v) is 5.58. The number of rotatable bonds is 4. The van der Waals surface area contributed by atoms with E-state index in [4.69, 9.17) is 11.6 Å². The van der Waals surface area contributed by atoms with Gasteiger partial charge in [0.2, 0.25) is 5.91 Å². The third-order valence-electron chi connectivity index (χ3n) is 3.80. The minimum atomic E-state index is -0.0153. The SMILES string of the molecule is O=C(Cc1ccccc1Cl)NC1CCCCC1CO. The summed E-state index contributed by atoms with van der Waals surface area (Å²) in [5.41, 5.74) is 0.845. The second-order valence-electron chi connectivity index (χ2n) is 5.17. The van der Waals surface area contributed by atoms with E-state index in [0.29, 0.717) is 11.4 Å². The molecule has 0 saturated heterocycles. The van der Waals surface area contributed by atoms with E-state index >= 15 is 0 Å². The average molecular weight is 282 g/mol. The van der Waals surface area contributed by atoms with Crippen molar-refractivity contribution in [3.8, 4) is 0 Å². The Morgan fingerprint density at radius 1 is 1.32 bits per heavy atom. The summed E-state index contributed by atoms with van der Waals surface area (Å²) in [7, 11) is 0. The maximum Gasteiger partial charge on any atom is 0.224 e. The molecule has 1 saturated carbocycles. The van der Waals surface area contributed by atoms with Crippen LogP contribution in [0.1, 0.15) is 31.2 Å². The average Bonchev–Trinajstić information content (AvgIpc) is 2.42. The molecule has 1 aromatic carbocycles. The molecule has 19 heavy (non-hydrogen) atoms. The molecule has 1 aliphatic rings. The van der Waals surface area contributed by atoms with Gasteiger partial charge in [0.15, 0.2) is 0 Å². The van der Waals surface area contributed by atoms with Crippen molar-refractivity contribution in [2.24, 2.45) is 5.92 Å². The van der Waals surface area contributed by atoms with E-state index in [2.05, 4.69) is 5.32 Å². The first kappa shape index (κ1) is 14.4. The van der Waals surface area contributed by atoms with Crippen LogP contribution in [0.3, 0.4) is 0 Å². The fourth-order valence-corrected chi connectivity index (χ4v) is 2.89. The van der Waals surface area contributed by atoms with Crippen molar-refractivity contribution < 1.29 is 9.90 Å². The molecule has 0 radical (unpaired) electrons. The normalized spacial score (nSPS) is 23.1. The van der Waals surface area contributed by atoms with Crippen molar-refractivity contribution in [3.05, 3.63) is 34.9 Å². The Morgan fingerprint density at radius 2 is 2.05 bits per heavy atom. The van der Waals surface area contributed by atoms with Crippen molar-refractivity contribution in [1.29, 1.82) is 0 Å². The topological polar surface area (TPSA) is 49.3 Å². The van der Waals surface area contributed by atoms with Crippen molar-refractivity contribution in [3.63, 3.8) is 0 Å². The first-order chi connectivity index (χ1) is 9.20. The number of hydrogen-bond donors (Lipinski definition) is 2. The Kier molecular flexibility index (Phi) is 5.23. The van der Waals surface area contributed by atoms with E-state index < -0.39 is 0 Å². The summed E-state index contributed by atoms with van der Waals surface area (Å²) < 4.78 is 0. The standard InChI is InChI=1S/C15H20ClNO2/c16-13-7-3-1-5-11(13)9-15(19)17-14-8-4-2-6-12(14)10-18/h1,3,5,7,12,14,18H,2,4,6,8-10H2,(H,17,19). The summed E-state index contributed by atoms with van der Waals surface area (Å²) in [5, 5.41) is 13.0. The zero-order chi connectivity index (χ0) is 13.7. The minimum Gasteiger partial charge on any atom is -0.396 e. The van der Waals surface area contributed by atoms with Crippen LogP contribution in [-0.2, 0) is 11.2 Å². The van der Waals surface area contributed by atoms with E-state index in [0.717, 1.165) is 31.2 Å². The van der Waals surface area contributed by atoms with Crippen molar-refractivity contribution in [2.45, 2.75) is 38.1 Å². The molecule has 2 unspecified atom stereocenters. The maximum absolute atomic E-state index is 12.0. The van der Waals surface area contributed by atoms with Gasteiger partial charge in [0, 0.05) is 23.6 Å². The van der Waals surface area contributed by atoms with Gasteiger partial charge < -0.3 is 10.4 Å². The molecular weight excluding hydrogens is 262 g/mol. The predicted octanol–water partition coefficient (Wildman–Crippen LogP) is 2.55. The summed E-state index contributed by atoms with van der Waals surface area (Å²) in [6, 6.07) is 7.50. The highest BCUT2D eigenvalue weighted by Crippen LogP contribution is 2.24. The van der Waals surface area contributed by atoms with Gasteiger partial charge in [-0.05, 0) is 24.5 Å². The van der Waals surface area contributed by atoms with Crippen molar-refractivity contribution in [2.75, 3.05) is 6.61 Å². The van der Waals surface area contributed by atoms with Gasteiger partial charge in [0.05, 0.1) is 6.42 Å². The summed E-state index contributed by atoms with van der Waals surface area (Å²) >= 11 is 6.05. The Bertz CT molecular complexity index is 436. The van der Waals surface area contributed by atoms with E-state index in [-0.39, 0.29) is 24.5 Å². The molecule has 4 heteroatoms. The van der Waals surface area contributed by atoms with E-state index in [9.17, 15) is 9.90 Å². The van der Waals surface area contributed by atoms with Crippen LogP contribution >= 0.6 is 11.6 Å². The molecule has 104 valence electrons. The van der Waals surface area contributed by atoms with Crippen LogP contribution < -0.4 is 5.32 Å². The van der Waals surface area contributed by atoms with Crippen molar-refractivity contribution >= 4 is 17.5 Å². The van der Waals surface area contributed by atoms with Crippen LogP contribution in [0.15, 0.2) is 24.3 Å². The Balaban J connectivity index is 1.92.